The Morgan fingerprint density at radius 1 is 1.35 bits per heavy atom. The summed E-state index contributed by atoms with van der Waals surface area (Å²) in [6.45, 7) is 4.57. The maximum atomic E-state index is 12.3. The summed E-state index contributed by atoms with van der Waals surface area (Å²) in [4.78, 5) is 14.2. The number of hydrogen-bond acceptors (Lipinski definition) is 2. The molecule has 2 N–H and O–H groups in total. The molecule has 1 fully saturated rings. The molecule has 1 aromatic rings. The van der Waals surface area contributed by atoms with Crippen molar-refractivity contribution in [2.24, 2.45) is 11.7 Å². The van der Waals surface area contributed by atoms with E-state index in [1.807, 2.05) is 25.8 Å². The van der Waals surface area contributed by atoms with Crippen LogP contribution in [0.25, 0.3) is 0 Å². The summed E-state index contributed by atoms with van der Waals surface area (Å²) in [5.41, 5.74) is 7.31. The van der Waals surface area contributed by atoms with E-state index in [0.29, 0.717) is 0 Å². The lowest BCUT2D eigenvalue weighted by molar-refractivity contribution is -0.134. The number of carbonyl (C=O) groups is 1. The minimum atomic E-state index is -0.124. The predicted octanol–water partition coefficient (Wildman–Crippen LogP) is 2.92. The molecule has 2 atom stereocenters. The summed E-state index contributed by atoms with van der Waals surface area (Å²) < 4.78 is 1.09. The van der Waals surface area contributed by atoms with Gasteiger partial charge in [-0.05, 0) is 37.5 Å². The van der Waals surface area contributed by atoms with Crippen LogP contribution in [0.1, 0.15) is 32.3 Å². The Morgan fingerprint density at radius 2 is 1.90 bits per heavy atom. The molecule has 0 saturated heterocycles. The number of halogens is 1. The van der Waals surface area contributed by atoms with Crippen molar-refractivity contribution in [1.82, 2.24) is 4.90 Å². The Morgan fingerprint density at radius 3 is 2.35 bits per heavy atom. The van der Waals surface area contributed by atoms with Crippen molar-refractivity contribution < 1.29 is 4.79 Å². The van der Waals surface area contributed by atoms with Gasteiger partial charge in [0.1, 0.15) is 0 Å². The first kappa shape index (κ1) is 15.5. The Kier molecular flexibility index (Phi) is 4.55. The molecule has 0 bridgehead atoms. The highest BCUT2D eigenvalue weighted by Gasteiger charge is 2.45. The summed E-state index contributed by atoms with van der Waals surface area (Å²) in [6.07, 6.45) is 2.30. The van der Waals surface area contributed by atoms with E-state index in [1.54, 1.807) is 0 Å². The van der Waals surface area contributed by atoms with Gasteiger partial charge in [-0.1, -0.05) is 35.0 Å². The van der Waals surface area contributed by atoms with Crippen LogP contribution in [0.4, 0.5) is 0 Å². The second-order valence-electron chi connectivity index (χ2n) is 6.13. The van der Waals surface area contributed by atoms with Crippen molar-refractivity contribution in [3.63, 3.8) is 0 Å². The normalized spacial score (nSPS) is 19.2. The molecular formula is C16H23BrN2O. The lowest BCUT2D eigenvalue weighted by atomic mass is 9.94. The highest BCUT2D eigenvalue weighted by atomic mass is 79.9. The number of rotatable bonds is 5. The van der Waals surface area contributed by atoms with Crippen LogP contribution in [0.3, 0.4) is 0 Å². The van der Waals surface area contributed by atoms with E-state index in [-0.39, 0.29) is 23.3 Å². The molecule has 1 aliphatic carbocycles. The van der Waals surface area contributed by atoms with E-state index in [2.05, 4.69) is 40.2 Å². The van der Waals surface area contributed by atoms with Crippen LogP contribution in [-0.2, 0) is 10.2 Å². The second kappa shape index (κ2) is 5.86. The van der Waals surface area contributed by atoms with E-state index in [4.69, 9.17) is 5.73 Å². The molecule has 3 nitrogen and oxygen atoms in total. The third kappa shape index (κ3) is 3.23. The fourth-order valence-corrected chi connectivity index (χ4v) is 2.86. The quantitative estimate of drug-likeness (QED) is 0.897. The van der Waals surface area contributed by atoms with E-state index in [1.165, 1.54) is 5.56 Å². The molecule has 0 aromatic heterocycles. The van der Waals surface area contributed by atoms with Crippen LogP contribution in [-0.4, -0.2) is 30.4 Å². The van der Waals surface area contributed by atoms with Gasteiger partial charge in [-0.2, -0.15) is 0 Å². The van der Waals surface area contributed by atoms with Gasteiger partial charge < -0.3 is 10.6 Å². The number of nitrogens with zero attached hydrogens (tertiary/aromatic N) is 1. The second-order valence-corrected chi connectivity index (χ2v) is 7.04. The molecule has 2 rings (SSSR count). The summed E-state index contributed by atoms with van der Waals surface area (Å²) in [5, 5.41) is 0. The zero-order valence-electron chi connectivity index (χ0n) is 12.4. The zero-order valence-corrected chi connectivity index (χ0v) is 14.0. The van der Waals surface area contributed by atoms with Crippen LogP contribution in [0.15, 0.2) is 28.7 Å². The highest BCUT2D eigenvalue weighted by Crippen LogP contribution is 2.48. The number of nitrogens with two attached hydrogens (primary N) is 1. The third-order valence-electron chi connectivity index (χ3n) is 4.40. The fraction of sp³-hybridized carbons (Fsp3) is 0.562. The maximum absolute atomic E-state index is 12.3. The lowest BCUT2D eigenvalue weighted by Crippen LogP contribution is -2.42. The summed E-state index contributed by atoms with van der Waals surface area (Å²) in [6, 6.07) is 8.35. The van der Waals surface area contributed by atoms with Crippen molar-refractivity contribution in [2.75, 3.05) is 13.6 Å². The molecule has 1 aromatic carbocycles. The Bertz CT molecular complexity index is 480. The van der Waals surface area contributed by atoms with Gasteiger partial charge in [-0.3, -0.25) is 4.79 Å². The SMILES string of the molecule is CC(N)C(C)C(=O)N(C)CC1(c2ccc(Br)cc2)CC1. The van der Waals surface area contributed by atoms with E-state index in [0.717, 1.165) is 23.9 Å². The van der Waals surface area contributed by atoms with Gasteiger partial charge in [0.15, 0.2) is 0 Å². The zero-order chi connectivity index (χ0) is 14.9. The number of benzene rings is 1. The van der Waals surface area contributed by atoms with Crippen molar-refractivity contribution in [1.29, 1.82) is 0 Å². The molecular weight excluding hydrogens is 316 g/mol. The van der Waals surface area contributed by atoms with E-state index in [9.17, 15) is 4.79 Å². The summed E-state index contributed by atoms with van der Waals surface area (Å²) >= 11 is 3.46. The van der Waals surface area contributed by atoms with Gasteiger partial charge >= 0.3 is 0 Å². The van der Waals surface area contributed by atoms with Gasteiger partial charge in [0.2, 0.25) is 5.91 Å². The first-order valence-corrected chi connectivity index (χ1v) is 7.92. The maximum Gasteiger partial charge on any atom is 0.226 e. The molecule has 0 spiro atoms. The number of hydrogen-bond donors (Lipinski definition) is 1. The topological polar surface area (TPSA) is 46.3 Å². The van der Waals surface area contributed by atoms with Crippen molar-refractivity contribution in [2.45, 2.75) is 38.1 Å². The van der Waals surface area contributed by atoms with Crippen molar-refractivity contribution in [3.05, 3.63) is 34.3 Å². The monoisotopic (exact) mass is 338 g/mol. The molecule has 0 aliphatic heterocycles. The third-order valence-corrected chi connectivity index (χ3v) is 4.93. The average Bonchev–Trinajstić information content (AvgIpc) is 3.18. The largest absolute Gasteiger partial charge is 0.345 e. The predicted molar refractivity (Wildman–Crippen MR) is 85.5 cm³/mol. The van der Waals surface area contributed by atoms with Crippen molar-refractivity contribution in [3.8, 4) is 0 Å². The summed E-state index contributed by atoms with van der Waals surface area (Å²) in [5.74, 6) is 0.0177. The van der Waals surface area contributed by atoms with E-state index < -0.39 is 0 Å². The van der Waals surface area contributed by atoms with Crippen molar-refractivity contribution >= 4 is 21.8 Å². The van der Waals surface area contributed by atoms with Gasteiger partial charge in [-0.15, -0.1) is 0 Å². The highest BCUT2D eigenvalue weighted by molar-refractivity contribution is 9.10. The van der Waals surface area contributed by atoms with E-state index >= 15 is 0 Å². The number of carbonyl (C=O) groups excluding carboxylic acids is 1. The Labute approximate surface area is 129 Å². The minimum Gasteiger partial charge on any atom is -0.345 e. The molecule has 0 heterocycles. The molecule has 4 heteroatoms. The van der Waals surface area contributed by atoms with Crippen LogP contribution in [0.5, 0.6) is 0 Å². The van der Waals surface area contributed by atoms with Gasteiger partial charge in [0, 0.05) is 29.5 Å². The Balaban J connectivity index is 2.05. The van der Waals surface area contributed by atoms with Gasteiger partial charge in [0.05, 0.1) is 5.92 Å². The van der Waals surface area contributed by atoms with Gasteiger partial charge in [0.25, 0.3) is 0 Å². The first-order valence-electron chi connectivity index (χ1n) is 7.12. The number of amides is 1. The minimum absolute atomic E-state index is 0.104. The molecule has 1 aliphatic rings. The number of likely N-dealkylation sites (N-methyl/N-ethyl adjacent to an activating group) is 1. The first-order chi connectivity index (χ1) is 9.35. The molecule has 1 amide bonds. The van der Waals surface area contributed by atoms with Crippen LogP contribution in [0, 0.1) is 5.92 Å². The standard InChI is InChI=1S/C16H23BrN2O/c1-11(12(2)18)15(20)19(3)10-16(8-9-16)13-4-6-14(17)7-5-13/h4-7,11-12H,8-10,18H2,1-3H3. The average molecular weight is 339 g/mol. The lowest BCUT2D eigenvalue weighted by Gasteiger charge is -2.28. The smallest absolute Gasteiger partial charge is 0.226 e. The van der Waals surface area contributed by atoms with Crippen LogP contribution < -0.4 is 5.73 Å². The summed E-state index contributed by atoms with van der Waals surface area (Å²) in [7, 11) is 1.89. The van der Waals surface area contributed by atoms with Crippen LogP contribution in [0.2, 0.25) is 0 Å². The molecule has 0 radical (unpaired) electrons. The Hall–Kier alpha value is -0.870. The molecule has 1 saturated carbocycles. The molecule has 2 unspecified atom stereocenters. The molecule has 20 heavy (non-hydrogen) atoms. The molecule has 110 valence electrons. The van der Waals surface area contributed by atoms with Crippen LogP contribution >= 0.6 is 15.9 Å². The fourth-order valence-electron chi connectivity index (χ4n) is 2.60. The van der Waals surface area contributed by atoms with Gasteiger partial charge in [-0.25, -0.2) is 0 Å².